The second-order valence-electron chi connectivity index (χ2n) is 14.5. The topological polar surface area (TPSA) is 140 Å². The summed E-state index contributed by atoms with van der Waals surface area (Å²) in [6, 6.07) is 27.8. The summed E-state index contributed by atoms with van der Waals surface area (Å²) in [6.45, 7) is 7.15. The second-order valence-corrected chi connectivity index (χ2v) is 15.3. The van der Waals surface area contributed by atoms with Crippen molar-refractivity contribution in [3.05, 3.63) is 95.0 Å². The average Bonchev–Trinajstić information content (AvgIpc) is 3.64. The molecular formula is C42H48Cl2N10O3. The van der Waals surface area contributed by atoms with Gasteiger partial charge in [-0.3, -0.25) is 0 Å². The maximum atomic E-state index is 12.5. The predicted octanol–water partition coefficient (Wildman–Crippen LogP) is 7.74. The summed E-state index contributed by atoms with van der Waals surface area (Å²) in [4.78, 5) is 49.7. The van der Waals surface area contributed by atoms with Crippen LogP contribution in [0.25, 0.3) is 44.8 Å². The Morgan fingerprint density at radius 1 is 0.684 bits per heavy atom. The van der Waals surface area contributed by atoms with E-state index < -0.39 is 6.09 Å². The van der Waals surface area contributed by atoms with E-state index in [4.69, 9.17) is 28.2 Å². The number of fused-ring (bicyclic) bond motifs is 2. The Morgan fingerprint density at radius 2 is 1.18 bits per heavy atom. The number of hydrogen-bond acceptors (Lipinski definition) is 7. The molecule has 13 nitrogen and oxygen atoms in total. The summed E-state index contributed by atoms with van der Waals surface area (Å²) in [5, 5.41) is 13.5. The molecule has 2 saturated heterocycles. The summed E-state index contributed by atoms with van der Waals surface area (Å²) in [5.74, 6) is 1.50. The summed E-state index contributed by atoms with van der Waals surface area (Å²) in [7, 11) is 4.00. The first kappa shape index (κ1) is 39.7. The van der Waals surface area contributed by atoms with Gasteiger partial charge in [0.1, 0.15) is 11.6 Å². The first-order valence-electron chi connectivity index (χ1n) is 19.3. The Kier molecular flexibility index (Phi) is 12.7. The molecule has 2 aliphatic rings. The van der Waals surface area contributed by atoms with Crippen molar-refractivity contribution < 1.29 is 14.7 Å². The number of aromatic nitrogens is 4. The fourth-order valence-electron chi connectivity index (χ4n) is 7.19. The number of carbonyl (C=O) groups excluding carboxylic acids is 1. The zero-order valence-electron chi connectivity index (χ0n) is 32.2. The van der Waals surface area contributed by atoms with Crippen LogP contribution in [0.3, 0.4) is 0 Å². The maximum absolute atomic E-state index is 12.5. The first-order chi connectivity index (χ1) is 27.6. The summed E-state index contributed by atoms with van der Waals surface area (Å²) in [6.07, 6.45) is 0.865. The molecule has 4 heterocycles. The highest BCUT2D eigenvalue weighted by atomic mass is 35.5. The molecular weight excluding hydrogens is 763 g/mol. The van der Waals surface area contributed by atoms with Crippen molar-refractivity contribution in [2.75, 3.05) is 89.3 Å². The summed E-state index contributed by atoms with van der Waals surface area (Å²) < 4.78 is 0. The van der Waals surface area contributed by atoms with Gasteiger partial charge in [0.15, 0.2) is 0 Å². The number of imidazole rings is 2. The quantitative estimate of drug-likeness (QED) is 0.129. The Morgan fingerprint density at radius 3 is 1.67 bits per heavy atom. The van der Waals surface area contributed by atoms with E-state index in [1.165, 1.54) is 4.90 Å². The van der Waals surface area contributed by atoms with E-state index in [1.54, 1.807) is 0 Å². The Bertz CT molecular complexity index is 2260. The van der Waals surface area contributed by atoms with E-state index >= 15 is 0 Å². The highest BCUT2D eigenvalue weighted by Gasteiger charge is 2.22. The first-order valence-corrected chi connectivity index (χ1v) is 20.0. The molecule has 2 aliphatic heterocycles. The van der Waals surface area contributed by atoms with E-state index in [9.17, 15) is 14.7 Å². The number of nitrogens with one attached hydrogen (secondary N) is 3. The van der Waals surface area contributed by atoms with E-state index in [0.29, 0.717) is 42.8 Å². The lowest BCUT2D eigenvalue weighted by molar-refractivity contribution is 0.148. The molecule has 0 aliphatic carbocycles. The van der Waals surface area contributed by atoms with Crippen LogP contribution in [0.15, 0.2) is 84.9 Å². The molecule has 15 heteroatoms. The van der Waals surface area contributed by atoms with Crippen LogP contribution in [-0.2, 0) is 0 Å². The smallest absolute Gasteiger partial charge is 0.407 e. The number of rotatable bonds is 7. The van der Waals surface area contributed by atoms with Gasteiger partial charge in [-0.15, -0.1) is 0 Å². The molecule has 0 saturated carbocycles. The lowest BCUT2D eigenvalue weighted by atomic mass is 10.1. The van der Waals surface area contributed by atoms with Crippen molar-refractivity contribution in [2.45, 2.75) is 12.8 Å². The zero-order chi connectivity index (χ0) is 39.9. The van der Waals surface area contributed by atoms with Gasteiger partial charge in [0.25, 0.3) is 0 Å². The van der Waals surface area contributed by atoms with Crippen LogP contribution in [-0.4, -0.2) is 131 Å². The normalized spacial score (nSPS) is 15.0. The number of urea groups is 1. The molecule has 4 N–H and O–H groups in total. The highest BCUT2D eigenvalue weighted by molar-refractivity contribution is 6.33. The van der Waals surface area contributed by atoms with Gasteiger partial charge in [0.05, 0.1) is 32.1 Å². The van der Waals surface area contributed by atoms with Crippen LogP contribution in [0, 0.1) is 0 Å². The van der Waals surface area contributed by atoms with Crippen LogP contribution in [0.1, 0.15) is 12.8 Å². The number of likely N-dealkylation sites (N-methyl/N-ethyl adjacent to an activating group) is 1. The van der Waals surface area contributed by atoms with Crippen LogP contribution in [0.2, 0.25) is 10.0 Å². The lowest BCUT2D eigenvalue weighted by Crippen LogP contribution is -2.44. The summed E-state index contributed by atoms with van der Waals surface area (Å²) in [5.41, 5.74) is 7.63. The third-order valence-electron chi connectivity index (χ3n) is 10.3. The SMILES string of the molecule is CN(C)CCNC(=O)N1CCCN(c2ccc(Cl)c(-c3nc4ccccc4[nH]3)c2)CC1.O=C(O)N1CCCN(c2ccc(Cl)c(-c3nc4ccccc4[nH]3)c2)CC1. The fraction of sp³-hybridized carbons (Fsp3) is 0.333. The Hall–Kier alpha value is -5.50. The molecule has 2 fully saturated rings. The van der Waals surface area contributed by atoms with Crippen molar-refractivity contribution in [1.29, 1.82) is 0 Å². The summed E-state index contributed by atoms with van der Waals surface area (Å²) >= 11 is 13.0. The number of benzene rings is 4. The van der Waals surface area contributed by atoms with Crippen molar-refractivity contribution in [2.24, 2.45) is 0 Å². The van der Waals surface area contributed by atoms with Crippen LogP contribution in [0.4, 0.5) is 21.0 Å². The Balaban J connectivity index is 0.000000177. The zero-order valence-corrected chi connectivity index (χ0v) is 33.7. The number of hydrogen-bond donors (Lipinski definition) is 4. The maximum Gasteiger partial charge on any atom is 0.407 e. The lowest BCUT2D eigenvalue weighted by Gasteiger charge is -2.24. The monoisotopic (exact) mass is 810 g/mol. The molecule has 298 valence electrons. The van der Waals surface area contributed by atoms with E-state index in [2.05, 4.69) is 41.0 Å². The van der Waals surface area contributed by atoms with Crippen molar-refractivity contribution in [1.82, 2.24) is 40.0 Å². The number of anilines is 2. The number of halogens is 2. The molecule has 8 rings (SSSR count). The third kappa shape index (κ3) is 9.73. The fourth-order valence-corrected chi connectivity index (χ4v) is 7.60. The van der Waals surface area contributed by atoms with Crippen LogP contribution >= 0.6 is 23.2 Å². The third-order valence-corrected chi connectivity index (χ3v) is 11.0. The number of aromatic amines is 2. The number of carbonyl (C=O) groups is 2. The van der Waals surface area contributed by atoms with Crippen molar-refractivity contribution in [3.63, 3.8) is 0 Å². The molecule has 2 aromatic heterocycles. The van der Waals surface area contributed by atoms with E-state index in [-0.39, 0.29) is 6.03 Å². The molecule has 0 spiro atoms. The minimum absolute atomic E-state index is 0.0165. The molecule has 0 radical (unpaired) electrons. The number of nitrogens with zero attached hydrogens (tertiary/aromatic N) is 7. The molecule has 4 aromatic carbocycles. The van der Waals surface area contributed by atoms with Crippen LogP contribution in [0.5, 0.6) is 0 Å². The molecule has 0 atom stereocenters. The van der Waals surface area contributed by atoms with Crippen molar-refractivity contribution >= 4 is 68.8 Å². The Labute approximate surface area is 342 Å². The predicted molar refractivity (Wildman–Crippen MR) is 230 cm³/mol. The van der Waals surface area contributed by atoms with Gasteiger partial charge >= 0.3 is 12.1 Å². The van der Waals surface area contributed by atoms with Gasteiger partial charge < -0.3 is 44.9 Å². The molecule has 6 aromatic rings. The largest absolute Gasteiger partial charge is 0.465 e. The van der Waals surface area contributed by atoms with Gasteiger partial charge in [-0.2, -0.15) is 0 Å². The van der Waals surface area contributed by atoms with Gasteiger partial charge in [-0.05, 0) is 87.6 Å². The molecule has 0 bridgehead atoms. The minimum atomic E-state index is -0.856. The van der Waals surface area contributed by atoms with Crippen LogP contribution < -0.4 is 15.1 Å². The number of carboxylic acid groups (broad SMARTS) is 1. The van der Waals surface area contributed by atoms with E-state index in [1.807, 2.05) is 97.9 Å². The van der Waals surface area contributed by atoms with Gasteiger partial charge in [0.2, 0.25) is 0 Å². The van der Waals surface area contributed by atoms with E-state index in [0.717, 1.165) is 102 Å². The standard InChI is InChI=1S/C23H29ClN6O.C19H19ClN4O2/c1-28(2)13-10-25-23(31)30-12-5-11-29(14-15-30)17-8-9-19(24)18(16-17)22-26-20-6-3-4-7-21(20)27-22;20-15-7-6-13(23-8-3-9-24(11-10-23)19(25)26)12-14(15)18-21-16-4-1-2-5-17(16)22-18/h3-4,6-9,16H,5,10-15H2,1-2H3,(H,25,31)(H,26,27);1-2,4-7,12H,3,8-11H2,(H,21,22)(H,25,26). The molecule has 3 amide bonds. The number of amides is 3. The second kappa shape index (κ2) is 18.2. The number of para-hydroxylation sites is 4. The van der Waals surface area contributed by atoms with Gasteiger partial charge in [-0.1, -0.05) is 47.5 Å². The molecule has 57 heavy (non-hydrogen) atoms. The number of H-pyrrole nitrogens is 2. The minimum Gasteiger partial charge on any atom is -0.465 e. The molecule has 0 unspecified atom stereocenters. The van der Waals surface area contributed by atoms with Gasteiger partial charge in [-0.25, -0.2) is 19.6 Å². The van der Waals surface area contributed by atoms with Crippen molar-refractivity contribution in [3.8, 4) is 22.8 Å². The highest BCUT2D eigenvalue weighted by Crippen LogP contribution is 2.33. The van der Waals surface area contributed by atoms with Gasteiger partial charge in [0, 0.05) is 87.9 Å². The average molecular weight is 812 g/mol.